The molecule has 0 aromatic carbocycles. The van der Waals surface area contributed by atoms with Crippen molar-refractivity contribution in [3.05, 3.63) is 23.4 Å². The van der Waals surface area contributed by atoms with Gasteiger partial charge in [0.05, 0.1) is 0 Å². The van der Waals surface area contributed by atoms with Crippen LogP contribution < -0.4 is 4.90 Å². The lowest BCUT2D eigenvalue weighted by Crippen LogP contribution is -2.27. The first kappa shape index (κ1) is 15.6. The fourth-order valence-corrected chi connectivity index (χ4v) is 3.29. The van der Waals surface area contributed by atoms with Crippen LogP contribution in [0.15, 0.2) is 12.1 Å². The van der Waals surface area contributed by atoms with Gasteiger partial charge in [0.2, 0.25) is 0 Å². The zero-order chi connectivity index (χ0) is 14.4. The minimum Gasteiger partial charge on any atom is -0.359 e. The van der Waals surface area contributed by atoms with Gasteiger partial charge in [0.25, 0.3) is 0 Å². The lowest BCUT2D eigenvalue weighted by molar-refractivity contribution is 0.361. The smallest absolute Gasteiger partial charge is 0.128 e. The first-order valence-corrected chi connectivity index (χ1v) is 8.53. The van der Waals surface area contributed by atoms with Crippen molar-refractivity contribution in [2.24, 2.45) is 5.92 Å². The molecule has 2 rings (SSSR count). The van der Waals surface area contributed by atoms with Crippen molar-refractivity contribution < 1.29 is 0 Å². The molecule has 1 aromatic heterocycles. The lowest BCUT2D eigenvalue weighted by Gasteiger charge is -2.28. The summed E-state index contributed by atoms with van der Waals surface area (Å²) in [5.74, 6) is 2.51. The van der Waals surface area contributed by atoms with E-state index in [0.717, 1.165) is 31.1 Å². The Kier molecular flexibility index (Phi) is 6.15. The fourth-order valence-electron chi connectivity index (χ4n) is 3.14. The molecule has 0 amide bonds. The molecule has 1 aromatic rings. The third-order valence-electron chi connectivity index (χ3n) is 4.23. The number of aromatic nitrogens is 1. The highest BCUT2D eigenvalue weighted by Crippen LogP contribution is 2.26. The highest BCUT2D eigenvalue weighted by molar-refractivity contribution is 6.17. The summed E-state index contributed by atoms with van der Waals surface area (Å²) in [7, 11) is 2.17. The average Bonchev–Trinajstić information content (AvgIpc) is 2.48. The van der Waals surface area contributed by atoms with Gasteiger partial charge in [0.15, 0.2) is 0 Å². The van der Waals surface area contributed by atoms with Crippen molar-refractivity contribution in [3.8, 4) is 0 Å². The van der Waals surface area contributed by atoms with E-state index >= 15 is 0 Å². The second kappa shape index (κ2) is 7.87. The van der Waals surface area contributed by atoms with Gasteiger partial charge in [-0.15, -0.1) is 11.6 Å². The Morgan fingerprint density at radius 2 is 2.00 bits per heavy atom. The Labute approximate surface area is 128 Å². The van der Waals surface area contributed by atoms with Gasteiger partial charge in [-0.1, -0.05) is 32.6 Å². The molecule has 20 heavy (non-hydrogen) atoms. The summed E-state index contributed by atoms with van der Waals surface area (Å²) in [6.45, 7) is 3.32. The molecule has 0 radical (unpaired) electrons. The summed E-state index contributed by atoms with van der Waals surface area (Å²) < 4.78 is 0. The van der Waals surface area contributed by atoms with Crippen molar-refractivity contribution in [3.63, 3.8) is 0 Å². The zero-order valence-electron chi connectivity index (χ0n) is 12.9. The van der Waals surface area contributed by atoms with Crippen LogP contribution in [0.3, 0.4) is 0 Å². The third kappa shape index (κ3) is 4.37. The van der Waals surface area contributed by atoms with Crippen molar-refractivity contribution >= 4 is 17.4 Å². The molecule has 1 aliphatic carbocycles. The first-order chi connectivity index (χ1) is 9.72. The molecule has 0 bridgehead atoms. The summed E-state index contributed by atoms with van der Waals surface area (Å²) in [5, 5.41) is 0. The zero-order valence-corrected chi connectivity index (χ0v) is 13.6. The van der Waals surface area contributed by atoms with Crippen LogP contribution >= 0.6 is 11.6 Å². The van der Waals surface area contributed by atoms with Crippen molar-refractivity contribution in [1.29, 1.82) is 0 Å². The first-order valence-electron chi connectivity index (χ1n) is 8.00. The van der Waals surface area contributed by atoms with E-state index in [1.165, 1.54) is 43.4 Å². The van der Waals surface area contributed by atoms with E-state index in [9.17, 15) is 0 Å². The molecule has 0 spiro atoms. The van der Waals surface area contributed by atoms with Crippen LogP contribution in [-0.4, -0.2) is 18.6 Å². The Morgan fingerprint density at radius 1 is 1.25 bits per heavy atom. The van der Waals surface area contributed by atoms with E-state index in [2.05, 4.69) is 31.0 Å². The van der Waals surface area contributed by atoms with Crippen LogP contribution in [0, 0.1) is 5.92 Å². The van der Waals surface area contributed by atoms with Crippen LogP contribution in [0.25, 0.3) is 0 Å². The van der Waals surface area contributed by atoms with Gasteiger partial charge in [-0.2, -0.15) is 0 Å². The maximum atomic E-state index is 6.02. The van der Waals surface area contributed by atoms with E-state index in [-0.39, 0.29) is 0 Å². The molecule has 0 atom stereocenters. The topological polar surface area (TPSA) is 16.1 Å². The van der Waals surface area contributed by atoms with Crippen LogP contribution in [0.5, 0.6) is 0 Å². The largest absolute Gasteiger partial charge is 0.359 e. The summed E-state index contributed by atoms with van der Waals surface area (Å²) in [6, 6.07) is 4.30. The number of pyridine rings is 1. The molecule has 1 heterocycles. The minimum atomic E-state index is 0.573. The Hall–Kier alpha value is -0.760. The van der Waals surface area contributed by atoms with Gasteiger partial charge in [-0.05, 0) is 42.9 Å². The van der Waals surface area contributed by atoms with Crippen LogP contribution in [0.1, 0.15) is 56.7 Å². The molecule has 0 aliphatic heterocycles. The normalized spacial score (nSPS) is 16.4. The molecule has 1 saturated carbocycles. The molecule has 3 heteroatoms. The molecule has 2 nitrogen and oxygen atoms in total. The second-order valence-electron chi connectivity index (χ2n) is 6.09. The Bertz CT molecular complexity index is 413. The SMILES string of the molecule is CCCc1cc(CCl)cc(N(C)CC2CCCCC2)n1. The standard InChI is InChI=1S/C17H27ClN2/c1-3-7-16-10-15(12-18)11-17(19-16)20(2)13-14-8-5-4-6-9-14/h10-11,14H,3-9,12-13H2,1-2H3. The number of rotatable bonds is 6. The number of halogens is 1. The van der Waals surface area contributed by atoms with Crippen LogP contribution in [0.2, 0.25) is 0 Å². The summed E-state index contributed by atoms with van der Waals surface area (Å²) in [4.78, 5) is 7.13. The number of nitrogens with zero attached hydrogens (tertiary/aromatic N) is 2. The average molecular weight is 295 g/mol. The molecule has 112 valence electrons. The van der Waals surface area contributed by atoms with Crippen molar-refractivity contribution in [1.82, 2.24) is 4.98 Å². The van der Waals surface area contributed by atoms with Crippen molar-refractivity contribution in [2.75, 3.05) is 18.5 Å². The quantitative estimate of drug-likeness (QED) is 0.701. The number of anilines is 1. The number of alkyl halides is 1. The maximum absolute atomic E-state index is 6.02. The summed E-state index contributed by atoms with van der Waals surface area (Å²) >= 11 is 6.02. The highest BCUT2D eigenvalue weighted by atomic mass is 35.5. The van der Waals surface area contributed by atoms with Gasteiger partial charge in [0, 0.05) is 25.2 Å². The van der Waals surface area contributed by atoms with Crippen LogP contribution in [0.4, 0.5) is 5.82 Å². The number of hydrogen-bond donors (Lipinski definition) is 0. The van der Waals surface area contributed by atoms with Gasteiger partial charge < -0.3 is 4.90 Å². The van der Waals surface area contributed by atoms with E-state index in [0.29, 0.717) is 5.88 Å². The summed E-state index contributed by atoms with van der Waals surface area (Å²) in [6.07, 6.45) is 9.13. The number of aryl methyl sites for hydroxylation is 1. The van der Waals surface area contributed by atoms with Gasteiger partial charge >= 0.3 is 0 Å². The molecule has 0 saturated heterocycles. The second-order valence-corrected chi connectivity index (χ2v) is 6.36. The Balaban J connectivity index is 2.06. The molecule has 1 aliphatic rings. The molecule has 0 unspecified atom stereocenters. The lowest BCUT2D eigenvalue weighted by atomic mass is 9.89. The van der Waals surface area contributed by atoms with E-state index in [1.807, 2.05) is 0 Å². The Morgan fingerprint density at radius 3 is 2.65 bits per heavy atom. The summed E-state index contributed by atoms with van der Waals surface area (Å²) in [5.41, 5.74) is 2.37. The molecular formula is C17H27ClN2. The van der Waals surface area contributed by atoms with Crippen LogP contribution in [-0.2, 0) is 12.3 Å². The van der Waals surface area contributed by atoms with E-state index in [1.54, 1.807) is 0 Å². The maximum Gasteiger partial charge on any atom is 0.128 e. The minimum absolute atomic E-state index is 0.573. The monoisotopic (exact) mass is 294 g/mol. The highest BCUT2D eigenvalue weighted by Gasteiger charge is 2.16. The van der Waals surface area contributed by atoms with Gasteiger partial charge in [-0.3, -0.25) is 0 Å². The third-order valence-corrected chi connectivity index (χ3v) is 4.54. The molecule has 1 fully saturated rings. The van der Waals surface area contributed by atoms with Gasteiger partial charge in [-0.25, -0.2) is 4.98 Å². The van der Waals surface area contributed by atoms with E-state index < -0.39 is 0 Å². The van der Waals surface area contributed by atoms with Gasteiger partial charge in [0.1, 0.15) is 5.82 Å². The fraction of sp³-hybridized carbons (Fsp3) is 0.706. The predicted octanol–water partition coefficient (Wildman–Crippen LogP) is 4.79. The number of hydrogen-bond acceptors (Lipinski definition) is 2. The van der Waals surface area contributed by atoms with Crippen molar-refractivity contribution in [2.45, 2.75) is 57.7 Å². The molecule has 0 N–H and O–H groups in total. The van der Waals surface area contributed by atoms with E-state index in [4.69, 9.17) is 16.6 Å². The molecular weight excluding hydrogens is 268 g/mol. The predicted molar refractivity (Wildman–Crippen MR) is 87.6 cm³/mol.